The van der Waals surface area contributed by atoms with Crippen LogP contribution >= 0.6 is 0 Å². The summed E-state index contributed by atoms with van der Waals surface area (Å²) in [5, 5.41) is 6.43. The molecule has 2 aliphatic rings. The Morgan fingerprint density at radius 2 is 2.41 bits per heavy atom. The SMILES string of the molecule is CC1CC(C(=O)NCC2(C)CCCO2)CCN1. The summed E-state index contributed by atoms with van der Waals surface area (Å²) < 4.78 is 5.67. The van der Waals surface area contributed by atoms with Gasteiger partial charge in [-0.1, -0.05) is 0 Å². The van der Waals surface area contributed by atoms with Gasteiger partial charge >= 0.3 is 0 Å². The van der Waals surface area contributed by atoms with Crippen molar-refractivity contribution in [1.82, 2.24) is 10.6 Å². The number of carbonyl (C=O) groups excluding carboxylic acids is 1. The zero-order chi connectivity index (χ0) is 12.3. The van der Waals surface area contributed by atoms with Crippen molar-refractivity contribution in [3.63, 3.8) is 0 Å². The van der Waals surface area contributed by atoms with Gasteiger partial charge in [-0.2, -0.15) is 0 Å². The predicted molar refractivity (Wildman–Crippen MR) is 66.8 cm³/mol. The third kappa shape index (κ3) is 3.42. The monoisotopic (exact) mass is 240 g/mol. The molecule has 0 aromatic rings. The fraction of sp³-hybridized carbons (Fsp3) is 0.923. The van der Waals surface area contributed by atoms with Crippen LogP contribution in [0.1, 0.15) is 39.5 Å². The molecule has 1 amide bonds. The number of nitrogens with one attached hydrogen (secondary N) is 2. The average Bonchev–Trinajstić information content (AvgIpc) is 2.74. The van der Waals surface area contributed by atoms with E-state index in [-0.39, 0.29) is 17.4 Å². The van der Waals surface area contributed by atoms with E-state index in [1.165, 1.54) is 0 Å². The minimum Gasteiger partial charge on any atom is -0.373 e. The molecule has 4 nitrogen and oxygen atoms in total. The van der Waals surface area contributed by atoms with Crippen LogP contribution in [0.3, 0.4) is 0 Å². The first-order valence-electron chi connectivity index (χ1n) is 6.74. The molecular formula is C13H24N2O2. The quantitative estimate of drug-likeness (QED) is 0.775. The van der Waals surface area contributed by atoms with Crippen LogP contribution in [0.5, 0.6) is 0 Å². The van der Waals surface area contributed by atoms with Crippen LogP contribution in [-0.4, -0.2) is 37.2 Å². The van der Waals surface area contributed by atoms with Gasteiger partial charge in [0.1, 0.15) is 0 Å². The van der Waals surface area contributed by atoms with Crippen molar-refractivity contribution in [2.75, 3.05) is 19.7 Å². The number of hydrogen-bond donors (Lipinski definition) is 2. The second kappa shape index (κ2) is 5.36. The Kier molecular flexibility index (Phi) is 4.05. The first kappa shape index (κ1) is 12.8. The van der Waals surface area contributed by atoms with Gasteiger partial charge in [0, 0.05) is 25.1 Å². The molecule has 2 aliphatic heterocycles. The number of amides is 1. The fourth-order valence-corrected chi connectivity index (χ4v) is 2.76. The van der Waals surface area contributed by atoms with E-state index in [1.807, 2.05) is 0 Å². The summed E-state index contributed by atoms with van der Waals surface area (Å²) >= 11 is 0. The lowest BCUT2D eigenvalue weighted by atomic mass is 9.92. The first-order valence-corrected chi connectivity index (χ1v) is 6.74. The smallest absolute Gasteiger partial charge is 0.223 e. The molecule has 0 aliphatic carbocycles. The minimum absolute atomic E-state index is 0.131. The van der Waals surface area contributed by atoms with Crippen LogP contribution in [0.4, 0.5) is 0 Å². The van der Waals surface area contributed by atoms with E-state index < -0.39 is 0 Å². The van der Waals surface area contributed by atoms with Gasteiger partial charge in [0.25, 0.3) is 0 Å². The predicted octanol–water partition coefficient (Wildman–Crippen LogP) is 1.06. The lowest BCUT2D eigenvalue weighted by molar-refractivity contribution is -0.127. The number of ether oxygens (including phenoxy) is 1. The fourth-order valence-electron chi connectivity index (χ4n) is 2.76. The molecule has 2 saturated heterocycles. The van der Waals surface area contributed by atoms with Crippen LogP contribution in [0, 0.1) is 5.92 Å². The van der Waals surface area contributed by atoms with Crippen LogP contribution in [0.15, 0.2) is 0 Å². The van der Waals surface area contributed by atoms with Crippen molar-refractivity contribution in [2.45, 2.75) is 51.2 Å². The summed E-state index contributed by atoms with van der Waals surface area (Å²) in [5.41, 5.74) is -0.131. The summed E-state index contributed by atoms with van der Waals surface area (Å²) in [7, 11) is 0. The van der Waals surface area contributed by atoms with Gasteiger partial charge < -0.3 is 15.4 Å². The molecule has 3 atom stereocenters. The maximum atomic E-state index is 12.0. The highest BCUT2D eigenvalue weighted by Crippen LogP contribution is 2.24. The van der Waals surface area contributed by atoms with Crippen LogP contribution in [0.25, 0.3) is 0 Å². The molecule has 17 heavy (non-hydrogen) atoms. The standard InChI is InChI=1S/C13H24N2O2/c1-10-8-11(4-6-14-10)12(16)15-9-13(2)5-3-7-17-13/h10-11,14H,3-9H2,1-2H3,(H,15,16). The zero-order valence-corrected chi connectivity index (χ0v) is 10.9. The maximum Gasteiger partial charge on any atom is 0.223 e. The molecule has 2 N–H and O–H groups in total. The molecule has 0 radical (unpaired) electrons. The van der Waals surface area contributed by atoms with Crippen molar-refractivity contribution in [3.05, 3.63) is 0 Å². The van der Waals surface area contributed by atoms with Crippen LogP contribution in [0.2, 0.25) is 0 Å². The summed E-state index contributed by atoms with van der Waals surface area (Å²) in [4.78, 5) is 12.0. The molecule has 3 unspecified atom stereocenters. The van der Waals surface area contributed by atoms with Gasteiger partial charge in [-0.05, 0) is 46.1 Å². The van der Waals surface area contributed by atoms with Gasteiger partial charge in [-0.25, -0.2) is 0 Å². The van der Waals surface area contributed by atoms with Gasteiger partial charge in [-0.3, -0.25) is 4.79 Å². The van der Waals surface area contributed by atoms with Gasteiger partial charge in [-0.15, -0.1) is 0 Å². The molecule has 0 bridgehead atoms. The minimum atomic E-state index is -0.131. The first-order chi connectivity index (χ1) is 8.09. The average molecular weight is 240 g/mol. The molecular weight excluding hydrogens is 216 g/mol. The van der Waals surface area contributed by atoms with Crippen molar-refractivity contribution < 1.29 is 9.53 Å². The molecule has 2 heterocycles. The van der Waals surface area contributed by atoms with Crippen molar-refractivity contribution in [3.8, 4) is 0 Å². The van der Waals surface area contributed by atoms with E-state index in [1.54, 1.807) is 0 Å². The molecule has 98 valence electrons. The van der Waals surface area contributed by atoms with E-state index in [2.05, 4.69) is 24.5 Å². The van der Waals surface area contributed by atoms with E-state index in [9.17, 15) is 4.79 Å². The molecule has 0 aromatic carbocycles. The Labute approximate surface area is 103 Å². The van der Waals surface area contributed by atoms with Crippen molar-refractivity contribution in [2.24, 2.45) is 5.92 Å². The number of rotatable bonds is 3. The van der Waals surface area contributed by atoms with Crippen LogP contribution < -0.4 is 10.6 Å². The largest absolute Gasteiger partial charge is 0.373 e. The van der Waals surface area contributed by atoms with Crippen LogP contribution in [-0.2, 0) is 9.53 Å². The maximum absolute atomic E-state index is 12.0. The van der Waals surface area contributed by atoms with E-state index in [0.717, 1.165) is 38.8 Å². The Balaban J connectivity index is 1.76. The summed E-state index contributed by atoms with van der Waals surface area (Å²) in [6.07, 6.45) is 4.06. The third-order valence-electron chi connectivity index (χ3n) is 3.93. The van der Waals surface area contributed by atoms with Gasteiger partial charge in [0.05, 0.1) is 5.60 Å². The third-order valence-corrected chi connectivity index (χ3v) is 3.93. The number of carbonyl (C=O) groups is 1. The van der Waals surface area contributed by atoms with Crippen molar-refractivity contribution in [1.29, 1.82) is 0 Å². The Hall–Kier alpha value is -0.610. The Morgan fingerprint density at radius 1 is 1.59 bits per heavy atom. The van der Waals surface area contributed by atoms with Gasteiger partial charge in [0.15, 0.2) is 0 Å². The molecule has 0 spiro atoms. The molecule has 0 saturated carbocycles. The van der Waals surface area contributed by atoms with E-state index >= 15 is 0 Å². The van der Waals surface area contributed by atoms with Gasteiger partial charge in [0.2, 0.25) is 5.91 Å². The molecule has 0 aromatic heterocycles. The summed E-state index contributed by atoms with van der Waals surface area (Å²) in [5.74, 6) is 0.381. The van der Waals surface area contributed by atoms with E-state index in [4.69, 9.17) is 4.74 Å². The topological polar surface area (TPSA) is 50.4 Å². The normalized spacial score (nSPS) is 38.0. The van der Waals surface area contributed by atoms with Crippen molar-refractivity contribution >= 4 is 5.91 Å². The Bertz CT molecular complexity index is 275. The highest BCUT2D eigenvalue weighted by atomic mass is 16.5. The molecule has 4 heteroatoms. The summed E-state index contributed by atoms with van der Waals surface area (Å²) in [6, 6.07) is 0.456. The molecule has 2 rings (SSSR count). The summed E-state index contributed by atoms with van der Waals surface area (Å²) in [6.45, 7) is 6.67. The number of hydrogen-bond acceptors (Lipinski definition) is 3. The lowest BCUT2D eigenvalue weighted by Gasteiger charge is -2.29. The lowest BCUT2D eigenvalue weighted by Crippen LogP contribution is -2.46. The Morgan fingerprint density at radius 3 is 3.06 bits per heavy atom. The highest BCUT2D eigenvalue weighted by molar-refractivity contribution is 5.78. The molecule has 2 fully saturated rings. The number of piperidine rings is 1. The van der Waals surface area contributed by atoms with E-state index in [0.29, 0.717) is 12.6 Å². The second-order valence-corrected chi connectivity index (χ2v) is 5.70. The zero-order valence-electron chi connectivity index (χ0n) is 10.9. The second-order valence-electron chi connectivity index (χ2n) is 5.70. The highest BCUT2D eigenvalue weighted by Gasteiger charge is 2.31.